The third-order valence-electron chi connectivity index (χ3n) is 3.93. The van der Waals surface area contributed by atoms with E-state index in [4.69, 9.17) is 11.5 Å². The summed E-state index contributed by atoms with van der Waals surface area (Å²) in [6.45, 7) is 3.07. The molecule has 4 N–H and O–H groups in total. The highest BCUT2D eigenvalue weighted by Gasteiger charge is 2.29. The van der Waals surface area contributed by atoms with Crippen molar-refractivity contribution in [3.05, 3.63) is 29.6 Å². The average molecular weight is 265 g/mol. The van der Waals surface area contributed by atoms with E-state index in [2.05, 4.69) is 11.8 Å². The van der Waals surface area contributed by atoms with Crippen LogP contribution in [0.2, 0.25) is 0 Å². The lowest BCUT2D eigenvalue weighted by Gasteiger charge is -2.37. The molecule has 0 saturated carbocycles. The quantitative estimate of drug-likeness (QED) is 0.813. The van der Waals surface area contributed by atoms with Crippen LogP contribution in [0.1, 0.15) is 25.3 Å². The summed E-state index contributed by atoms with van der Waals surface area (Å²) in [5, 5.41) is 0. The number of hydrogen-bond acceptors (Lipinski definition) is 3. The van der Waals surface area contributed by atoms with Gasteiger partial charge in [0.05, 0.1) is 5.92 Å². The van der Waals surface area contributed by atoms with Crippen molar-refractivity contribution in [1.29, 1.82) is 0 Å². The van der Waals surface area contributed by atoms with Gasteiger partial charge in [-0.05, 0) is 31.9 Å². The number of hydrogen-bond donors (Lipinski definition) is 2. The van der Waals surface area contributed by atoms with Crippen LogP contribution < -0.4 is 11.5 Å². The third kappa shape index (κ3) is 3.04. The largest absolute Gasteiger partial charge is 0.398 e. The number of benzene rings is 1. The predicted molar refractivity (Wildman–Crippen MR) is 72.6 cm³/mol. The minimum Gasteiger partial charge on any atom is -0.398 e. The molecule has 1 aliphatic rings. The first kappa shape index (κ1) is 13.8. The summed E-state index contributed by atoms with van der Waals surface area (Å²) in [6.07, 6.45) is 1.70. The summed E-state index contributed by atoms with van der Waals surface area (Å²) < 4.78 is 13.8. The molecule has 19 heavy (non-hydrogen) atoms. The Labute approximate surface area is 112 Å². The van der Waals surface area contributed by atoms with Crippen molar-refractivity contribution in [2.75, 3.05) is 12.3 Å². The van der Waals surface area contributed by atoms with E-state index >= 15 is 0 Å². The maximum absolute atomic E-state index is 13.8. The van der Waals surface area contributed by atoms with Crippen molar-refractivity contribution in [3.8, 4) is 0 Å². The van der Waals surface area contributed by atoms with Crippen LogP contribution in [0.15, 0.2) is 18.2 Å². The number of nitrogen functional groups attached to an aromatic ring is 1. The maximum Gasteiger partial charge on any atom is 0.221 e. The van der Waals surface area contributed by atoms with Crippen LogP contribution in [-0.4, -0.2) is 23.4 Å². The van der Waals surface area contributed by atoms with Crippen LogP contribution in [-0.2, 0) is 11.3 Å². The fourth-order valence-electron chi connectivity index (χ4n) is 2.58. The van der Waals surface area contributed by atoms with Crippen LogP contribution in [0, 0.1) is 11.7 Å². The molecule has 5 heteroatoms. The second-order valence-corrected chi connectivity index (χ2v) is 5.26. The highest BCUT2D eigenvalue weighted by Crippen LogP contribution is 2.26. The Morgan fingerprint density at radius 2 is 2.21 bits per heavy atom. The Morgan fingerprint density at radius 1 is 1.47 bits per heavy atom. The van der Waals surface area contributed by atoms with Gasteiger partial charge in [0.1, 0.15) is 5.82 Å². The third-order valence-corrected chi connectivity index (χ3v) is 3.93. The SMILES string of the molecule is CC1CCC(C(N)=O)CN1Cc1c(N)cccc1F. The minimum absolute atomic E-state index is 0.149. The highest BCUT2D eigenvalue weighted by atomic mass is 19.1. The zero-order valence-electron chi connectivity index (χ0n) is 11.1. The number of halogens is 1. The van der Waals surface area contributed by atoms with Gasteiger partial charge in [0.15, 0.2) is 0 Å². The van der Waals surface area contributed by atoms with Gasteiger partial charge in [-0.3, -0.25) is 9.69 Å². The number of likely N-dealkylation sites (tertiary alicyclic amines) is 1. The lowest BCUT2D eigenvalue weighted by atomic mass is 9.92. The molecular weight excluding hydrogens is 245 g/mol. The molecule has 104 valence electrons. The number of piperidine rings is 1. The van der Waals surface area contributed by atoms with Gasteiger partial charge in [-0.1, -0.05) is 6.07 Å². The van der Waals surface area contributed by atoms with Crippen LogP contribution in [0.4, 0.5) is 10.1 Å². The molecule has 2 atom stereocenters. The fraction of sp³-hybridized carbons (Fsp3) is 0.500. The van der Waals surface area contributed by atoms with Crippen molar-refractivity contribution in [2.24, 2.45) is 11.7 Å². The average Bonchev–Trinajstić information content (AvgIpc) is 2.35. The normalized spacial score (nSPS) is 24.3. The zero-order valence-corrected chi connectivity index (χ0v) is 11.1. The van der Waals surface area contributed by atoms with E-state index in [1.807, 2.05) is 0 Å². The smallest absolute Gasteiger partial charge is 0.221 e. The Morgan fingerprint density at radius 3 is 2.84 bits per heavy atom. The van der Waals surface area contributed by atoms with Crippen LogP contribution >= 0.6 is 0 Å². The summed E-state index contributed by atoms with van der Waals surface area (Å²) in [6, 6.07) is 5.00. The van der Waals surface area contributed by atoms with Gasteiger partial charge < -0.3 is 11.5 Å². The first-order valence-corrected chi connectivity index (χ1v) is 6.55. The van der Waals surface area contributed by atoms with E-state index in [1.54, 1.807) is 12.1 Å². The van der Waals surface area contributed by atoms with Crippen molar-refractivity contribution in [3.63, 3.8) is 0 Å². The van der Waals surface area contributed by atoms with Crippen LogP contribution in [0.5, 0.6) is 0 Å². The van der Waals surface area contributed by atoms with Gasteiger partial charge in [0, 0.05) is 30.4 Å². The van der Waals surface area contributed by atoms with Gasteiger partial charge in [-0.2, -0.15) is 0 Å². The summed E-state index contributed by atoms with van der Waals surface area (Å²) in [5.41, 5.74) is 12.1. The molecule has 0 radical (unpaired) electrons. The molecule has 0 bridgehead atoms. The Bertz CT molecular complexity index is 458. The molecule has 1 aromatic rings. The van der Waals surface area contributed by atoms with Crippen LogP contribution in [0.3, 0.4) is 0 Å². The fourth-order valence-corrected chi connectivity index (χ4v) is 2.58. The number of nitrogens with two attached hydrogens (primary N) is 2. The number of anilines is 1. The van der Waals surface area contributed by atoms with E-state index in [9.17, 15) is 9.18 Å². The van der Waals surface area contributed by atoms with E-state index in [1.165, 1.54) is 6.07 Å². The molecule has 1 aliphatic heterocycles. The Hall–Kier alpha value is -1.62. The zero-order chi connectivity index (χ0) is 14.0. The van der Waals surface area contributed by atoms with Crippen molar-refractivity contribution >= 4 is 11.6 Å². The van der Waals surface area contributed by atoms with E-state index in [0.717, 1.165) is 12.8 Å². The van der Waals surface area contributed by atoms with Gasteiger partial charge in [0.25, 0.3) is 0 Å². The molecule has 2 rings (SSSR count). The number of nitrogens with zero attached hydrogens (tertiary/aromatic N) is 1. The first-order valence-electron chi connectivity index (χ1n) is 6.55. The number of primary amides is 1. The molecule has 1 saturated heterocycles. The predicted octanol–water partition coefficient (Wildman–Crippen LogP) is 1.49. The topological polar surface area (TPSA) is 72.4 Å². The number of carbonyl (C=O) groups excluding carboxylic acids is 1. The summed E-state index contributed by atoms with van der Waals surface area (Å²) in [5.74, 6) is -0.726. The monoisotopic (exact) mass is 265 g/mol. The van der Waals surface area contributed by atoms with Crippen molar-refractivity contribution in [1.82, 2.24) is 4.90 Å². The molecule has 0 spiro atoms. The van der Waals surface area contributed by atoms with Crippen molar-refractivity contribution in [2.45, 2.75) is 32.4 Å². The molecule has 0 aliphatic carbocycles. The number of amides is 1. The summed E-state index contributed by atoms with van der Waals surface area (Å²) >= 11 is 0. The lowest BCUT2D eigenvalue weighted by molar-refractivity contribution is -0.124. The Balaban J connectivity index is 2.14. The maximum atomic E-state index is 13.8. The van der Waals surface area contributed by atoms with E-state index < -0.39 is 0 Å². The molecule has 1 amide bonds. The Kier molecular flexibility index (Phi) is 4.04. The van der Waals surface area contributed by atoms with Gasteiger partial charge in [-0.25, -0.2) is 4.39 Å². The number of rotatable bonds is 3. The second-order valence-electron chi connectivity index (χ2n) is 5.26. The van der Waals surface area contributed by atoms with E-state index in [0.29, 0.717) is 30.4 Å². The number of carbonyl (C=O) groups is 1. The molecule has 0 aromatic heterocycles. The lowest BCUT2D eigenvalue weighted by Crippen LogP contribution is -2.45. The van der Waals surface area contributed by atoms with Crippen molar-refractivity contribution < 1.29 is 9.18 Å². The first-order chi connectivity index (χ1) is 8.99. The molecular formula is C14H20FN3O. The molecule has 1 fully saturated rings. The molecule has 1 heterocycles. The summed E-state index contributed by atoms with van der Waals surface area (Å²) in [4.78, 5) is 13.4. The second kappa shape index (κ2) is 5.57. The molecule has 1 aromatic carbocycles. The standard InChI is InChI=1S/C14H20FN3O/c1-9-5-6-10(14(17)19)7-18(9)8-11-12(15)3-2-4-13(11)16/h2-4,9-10H,5-8,16H2,1H3,(H2,17,19). The highest BCUT2D eigenvalue weighted by molar-refractivity contribution is 5.77. The molecule has 2 unspecified atom stereocenters. The minimum atomic E-state index is -0.298. The van der Waals surface area contributed by atoms with Gasteiger partial charge in [0.2, 0.25) is 5.91 Å². The summed E-state index contributed by atoms with van der Waals surface area (Å²) in [7, 11) is 0. The van der Waals surface area contributed by atoms with Crippen LogP contribution in [0.25, 0.3) is 0 Å². The van der Waals surface area contributed by atoms with E-state index in [-0.39, 0.29) is 17.6 Å². The molecule has 4 nitrogen and oxygen atoms in total. The van der Waals surface area contributed by atoms with Gasteiger partial charge in [-0.15, -0.1) is 0 Å². The van der Waals surface area contributed by atoms with Gasteiger partial charge >= 0.3 is 0 Å².